The van der Waals surface area contributed by atoms with E-state index in [0.717, 1.165) is 24.2 Å². The summed E-state index contributed by atoms with van der Waals surface area (Å²) in [4.78, 5) is 4.51. The van der Waals surface area contributed by atoms with Crippen LogP contribution in [0.15, 0.2) is 12.1 Å². The van der Waals surface area contributed by atoms with Crippen LogP contribution in [0.25, 0.3) is 0 Å². The minimum atomic E-state index is -0.443. The fourth-order valence-corrected chi connectivity index (χ4v) is 2.40. The fourth-order valence-electron chi connectivity index (χ4n) is 2.40. The van der Waals surface area contributed by atoms with Gasteiger partial charge in [-0.15, -0.1) is 0 Å². The monoisotopic (exact) mass is 275 g/mol. The summed E-state index contributed by atoms with van der Waals surface area (Å²) < 4.78 is 12.0. The van der Waals surface area contributed by atoms with Crippen LogP contribution in [0.4, 0.5) is 5.82 Å². The summed E-state index contributed by atoms with van der Waals surface area (Å²) in [5, 5.41) is 3.24. The van der Waals surface area contributed by atoms with Gasteiger partial charge < -0.3 is 20.4 Å². The van der Waals surface area contributed by atoms with Crippen LogP contribution >= 0.6 is 0 Å². The van der Waals surface area contributed by atoms with Gasteiger partial charge in [0.25, 0.3) is 0 Å². The molecule has 2 aliphatic heterocycles. The van der Waals surface area contributed by atoms with Crippen molar-refractivity contribution >= 4 is 18.4 Å². The molecule has 2 saturated heterocycles. The molecule has 1 aromatic rings. The number of hydrogen-bond acceptors (Lipinski definition) is 5. The summed E-state index contributed by atoms with van der Waals surface area (Å²) in [5.41, 5.74) is 7.24. The van der Waals surface area contributed by atoms with Gasteiger partial charge >= 0.3 is 7.12 Å². The van der Waals surface area contributed by atoms with Crippen molar-refractivity contribution in [2.24, 2.45) is 0 Å². The number of nitrogens with zero attached hydrogens (tertiary/aromatic N) is 1. The second kappa shape index (κ2) is 4.45. The zero-order valence-corrected chi connectivity index (χ0v) is 12.6. The number of nitrogens with two attached hydrogens (primary N) is 1. The first-order valence-corrected chi connectivity index (χ1v) is 7.13. The van der Waals surface area contributed by atoms with Gasteiger partial charge in [-0.25, -0.2) is 4.98 Å². The van der Waals surface area contributed by atoms with Gasteiger partial charge in [0.15, 0.2) is 0 Å². The first kappa shape index (κ1) is 13.9. The molecule has 108 valence electrons. The molecular formula is C14H22BN3O2. The lowest BCUT2D eigenvalue weighted by molar-refractivity contribution is 0.00578. The van der Waals surface area contributed by atoms with Crippen LogP contribution in [0.3, 0.4) is 0 Å². The number of rotatable bonds is 2. The molecule has 0 aromatic carbocycles. The smallest absolute Gasteiger partial charge is 0.399 e. The number of nitrogen functional groups attached to an aromatic ring is 1. The molecule has 0 bridgehead atoms. The zero-order chi connectivity index (χ0) is 14.5. The van der Waals surface area contributed by atoms with Crippen molar-refractivity contribution in [2.75, 3.05) is 18.8 Å². The van der Waals surface area contributed by atoms with Crippen LogP contribution in [0.2, 0.25) is 0 Å². The molecule has 20 heavy (non-hydrogen) atoms. The van der Waals surface area contributed by atoms with E-state index in [9.17, 15) is 0 Å². The predicted octanol–water partition coefficient (Wildman–Crippen LogP) is 0.650. The van der Waals surface area contributed by atoms with Crippen LogP contribution in [0.5, 0.6) is 0 Å². The molecule has 0 amide bonds. The SMILES string of the molecule is CC1(C)OB(c2ccc(C3CNC3)nc2N)OC1(C)C. The highest BCUT2D eigenvalue weighted by molar-refractivity contribution is 6.63. The third kappa shape index (κ3) is 2.12. The highest BCUT2D eigenvalue weighted by Crippen LogP contribution is 2.36. The average Bonchev–Trinajstić information content (AvgIpc) is 2.45. The van der Waals surface area contributed by atoms with E-state index in [2.05, 4.69) is 10.3 Å². The Hall–Kier alpha value is -1.11. The Balaban J connectivity index is 1.85. The number of hydrogen-bond donors (Lipinski definition) is 2. The third-order valence-corrected chi connectivity index (χ3v) is 4.69. The molecule has 5 nitrogen and oxygen atoms in total. The summed E-state index contributed by atoms with van der Waals surface area (Å²) in [6.45, 7) is 10.1. The Morgan fingerprint density at radius 2 is 1.80 bits per heavy atom. The molecule has 3 heterocycles. The summed E-state index contributed by atoms with van der Waals surface area (Å²) in [6.07, 6.45) is 0. The first-order valence-electron chi connectivity index (χ1n) is 7.13. The van der Waals surface area contributed by atoms with Crippen molar-refractivity contribution in [3.8, 4) is 0 Å². The Kier molecular flexibility index (Phi) is 3.08. The van der Waals surface area contributed by atoms with E-state index in [-0.39, 0.29) is 11.2 Å². The van der Waals surface area contributed by atoms with Crippen LogP contribution < -0.4 is 16.5 Å². The van der Waals surface area contributed by atoms with Gasteiger partial charge in [-0.1, -0.05) is 6.07 Å². The molecule has 0 spiro atoms. The molecule has 3 N–H and O–H groups in total. The number of anilines is 1. The van der Waals surface area contributed by atoms with Crippen LogP contribution in [0, 0.1) is 0 Å². The molecular weight excluding hydrogens is 253 g/mol. The molecule has 3 rings (SSSR count). The molecule has 0 atom stereocenters. The van der Waals surface area contributed by atoms with E-state index in [1.54, 1.807) is 0 Å². The van der Waals surface area contributed by atoms with Gasteiger partial charge in [0.1, 0.15) is 5.82 Å². The molecule has 2 fully saturated rings. The average molecular weight is 275 g/mol. The highest BCUT2D eigenvalue weighted by Gasteiger charge is 2.52. The Labute approximate surface area is 120 Å². The fraction of sp³-hybridized carbons (Fsp3) is 0.643. The maximum Gasteiger partial charge on any atom is 0.498 e. The normalized spacial score (nSPS) is 24.7. The Bertz CT molecular complexity index is 513. The van der Waals surface area contributed by atoms with Gasteiger partial charge in [-0.2, -0.15) is 0 Å². The van der Waals surface area contributed by atoms with E-state index in [1.165, 1.54) is 0 Å². The topological polar surface area (TPSA) is 69.4 Å². The largest absolute Gasteiger partial charge is 0.498 e. The van der Waals surface area contributed by atoms with Crippen molar-refractivity contribution in [3.63, 3.8) is 0 Å². The lowest BCUT2D eigenvalue weighted by Crippen LogP contribution is -2.41. The number of pyridine rings is 1. The summed E-state index contributed by atoms with van der Waals surface area (Å²) >= 11 is 0. The zero-order valence-electron chi connectivity index (χ0n) is 12.6. The third-order valence-electron chi connectivity index (χ3n) is 4.69. The van der Waals surface area contributed by atoms with Crippen LogP contribution in [-0.4, -0.2) is 36.4 Å². The summed E-state index contributed by atoms with van der Waals surface area (Å²) in [7, 11) is -0.443. The second-order valence-electron chi connectivity index (χ2n) is 6.65. The van der Waals surface area contributed by atoms with Gasteiger partial charge in [-0.3, -0.25) is 0 Å². The number of aromatic nitrogens is 1. The number of nitrogens with one attached hydrogen (secondary N) is 1. The standard InChI is InChI=1S/C14H22BN3O2/c1-13(2)14(3,4)20-15(19-13)10-5-6-11(18-12(10)16)9-7-17-8-9/h5-6,9,17H,7-8H2,1-4H3,(H2,16,18). The van der Waals surface area contributed by atoms with Crippen molar-refractivity contribution in [1.29, 1.82) is 0 Å². The molecule has 0 radical (unpaired) electrons. The van der Waals surface area contributed by atoms with Crippen LogP contribution in [0.1, 0.15) is 39.3 Å². The van der Waals surface area contributed by atoms with Gasteiger partial charge in [-0.05, 0) is 33.8 Å². The summed E-state index contributed by atoms with van der Waals surface area (Å²) in [6, 6.07) is 4.01. The lowest BCUT2D eigenvalue weighted by atomic mass is 9.79. The first-order chi connectivity index (χ1) is 9.30. The van der Waals surface area contributed by atoms with Crippen molar-refractivity contribution < 1.29 is 9.31 Å². The van der Waals surface area contributed by atoms with Crippen molar-refractivity contribution in [1.82, 2.24) is 10.3 Å². The second-order valence-corrected chi connectivity index (χ2v) is 6.65. The molecule has 6 heteroatoms. The molecule has 0 saturated carbocycles. The molecule has 0 unspecified atom stereocenters. The molecule has 1 aromatic heterocycles. The van der Waals surface area contributed by atoms with E-state index < -0.39 is 7.12 Å². The van der Waals surface area contributed by atoms with E-state index in [0.29, 0.717) is 11.7 Å². The van der Waals surface area contributed by atoms with E-state index in [1.807, 2.05) is 39.8 Å². The van der Waals surface area contributed by atoms with E-state index in [4.69, 9.17) is 15.0 Å². The Morgan fingerprint density at radius 1 is 1.20 bits per heavy atom. The lowest BCUT2D eigenvalue weighted by Gasteiger charge is -2.32. The Morgan fingerprint density at radius 3 is 2.25 bits per heavy atom. The maximum atomic E-state index is 6.10. The highest BCUT2D eigenvalue weighted by atomic mass is 16.7. The van der Waals surface area contributed by atoms with Gasteiger partial charge in [0.05, 0.1) is 11.2 Å². The predicted molar refractivity (Wildman–Crippen MR) is 80.0 cm³/mol. The quantitative estimate of drug-likeness (QED) is 0.776. The van der Waals surface area contributed by atoms with Crippen molar-refractivity contribution in [2.45, 2.75) is 44.8 Å². The summed E-state index contributed by atoms with van der Waals surface area (Å²) in [5.74, 6) is 0.984. The minimum absolute atomic E-state index is 0.360. The molecule has 0 aliphatic carbocycles. The van der Waals surface area contributed by atoms with Crippen LogP contribution in [-0.2, 0) is 9.31 Å². The maximum absolute atomic E-state index is 6.10. The van der Waals surface area contributed by atoms with Gasteiger partial charge in [0, 0.05) is 30.2 Å². The van der Waals surface area contributed by atoms with Crippen molar-refractivity contribution in [3.05, 3.63) is 17.8 Å². The van der Waals surface area contributed by atoms with E-state index >= 15 is 0 Å². The molecule has 2 aliphatic rings. The van der Waals surface area contributed by atoms with Gasteiger partial charge in [0.2, 0.25) is 0 Å². The minimum Gasteiger partial charge on any atom is -0.399 e.